The zero-order valence-electron chi connectivity index (χ0n) is 6.25. The monoisotopic (exact) mass is 179 g/mol. The minimum absolute atomic E-state index is 0. The standard InChI is InChI=1S/C5H4N2O4.Na/c8-3-1-2(4(9)10)6-5(11)7-3;/h1H,(H,9,10)(H2,6,7,8,11);. The Morgan fingerprint density at radius 3 is 2.33 bits per heavy atom. The van der Waals surface area contributed by atoms with Gasteiger partial charge in [0.05, 0.1) is 0 Å². The summed E-state index contributed by atoms with van der Waals surface area (Å²) in [4.78, 5) is 34.9. The Bertz CT molecular complexity index is 365. The summed E-state index contributed by atoms with van der Waals surface area (Å²) >= 11 is 0. The van der Waals surface area contributed by atoms with Crippen molar-refractivity contribution in [2.75, 3.05) is 0 Å². The zero-order valence-corrected chi connectivity index (χ0v) is 8.25. The number of rotatable bonds is 1. The van der Waals surface area contributed by atoms with Gasteiger partial charge in [-0.1, -0.05) is 0 Å². The van der Waals surface area contributed by atoms with Crippen LogP contribution in [0.15, 0.2) is 15.7 Å². The van der Waals surface area contributed by atoms with Gasteiger partial charge in [-0.25, -0.2) is 9.59 Å². The average Bonchev–Trinajstić information content (AvgIpc) is 1.85. The third kappa shape index (κ3) is 2.65. The number of nitrogens with one attached hydrogen (secondary N) is 2. The molecule has 0 atom stereocenters. The SMILES string of the molecule is O=C(O)c1cc(=O)[nH]c(=O)[nH]1.[Na]. The van der Waals surface area contributed by atoms with Gasteiger partial charge in [0, 0.05) is 35.6 Å². The van der Waals surface area contributed by atoms with Crippen molar-refractivity contribution in [3.8, 4) is 0 Å². The van der Waals surface area contributed by atoms with E-state index in [0.29, 0.717) is 0 Å². The second-order valence-corrected chi connectivity index (χ2v) is 1.81. The number of carboxylic acid groups (broad SMARTS) is 1. The summed E-state index contributed by atoms with van der Waals surface area (Å²) < 4.78 is 0. The topological polar surface area (TPSA) is 103 Å². The normalized spacial score (nSPS) is 8.67. The van der Waals surface area contributed by atoms with Gasteiger partial charge in [-0.3, -0.25) is 9.78 Å². The Labute approximate surface area is 87.9 Å². The second-order valence-electron chi connectivity index (χ2n) is 1.81. The van der Waals surface area contributed by atoms with Crippen molar-refractivity contribution < 1.29 is 9.90 Å². The van der Waals surface area contributed by atoms with Crippen molar-refractivity contribution in [3.05, 3.63) is 32.6 Å². The van der Waals surface area contributed by atoms with Crippen molar-refractivity contribution in [3.63, 3.8) is 0 Å². The predicted molar refractivity (Wildman–Crippen MR) is 40.4 cm³/mol. The van der Waals surface area contributed by atoms with Gasteiger partial charge in [-0.05, 0) is 0 Å². The predicted octanol–water partition coefficient (Wildman–Crippen LogP) is -1.62. The van der Waals surface area contributed by atoms with Crippen LogP contribution in [-0.4, -0.2) is 50.6 Å². The minimum atomic E-state index is -1.34. The Balaban J connectivity index is 0.00000121. The third-order valence-corrected chi connectivity index (χ3v) is 0.991. The molecule has 0 spiro atoms. The summed E-state index contributed by atoms with van der Waals surface area (Å²) in [5.74, 6) is -1.34. The minimum Gasteiger partial charge on any atom is -0.477 e. The molecule has 1 heterocycles. The van der Waals surface area contributed by atoms with Crippen molar-refractivity contribution in [2.24, 2.45) is 0 Å². The Kier molecular flexibility index (Phi) is 3.94. The molecule has 0 saturated carbocycles. The largest absolute Gasteiger partial charge is 0.477 e. The molecule has 0 unspecified atom stereocenters. The van der Waals surface area contributed by atoms with Gasteiger partial charge < -0.3 is 10.1 Å². The molecule has 0 bridgehead atoms. The summed E-state index contributed by atoms with van der Waals surface area (Å²) in [6, 6.07) is 0.795. The van der Waals surface area contributed by atoms with Crippen LogP contribution in [0.2, 0.25) is 0 Å². The molecule has 0 aliphatic carbocycles. The summed E-state index contributed by atoms with van der Waals surface area (Å²) in [6.07, 6.45) is 0. The molecule has 7 heteroatoms. The van der Waals surface area contributed by atoms with E-state index in [1.54, 1.807) is 0 Å². The summed E-state index contributed by atoms with van der Waals surface area (Å²) in [5.41, 5.74) is -1.97. The van der Waals surface area contributed by atoms with E-state index in [2.05, 4.69) is 0 Å². The number of carboxylic acids is 1. The number of hydrogen-bond acceptors (Lipinski definition) is 3. The Morgan fingerprint density at radius 2 is 1.92 bits per heavy atom. The molecule has 1 rings (SSSR count). The van der Waals surface area contributed by atoms with E-state index in [1.807, 2.05) is 9.97 Å². The smallest absolute Gasteiger partial charge is 0.352 e. The number of hydrogen-bond donors (Lipinski definition) is 3. The van der Waals surface area contributed by atoms with E-state index in [4.69, 9.17) is 5.11 Å². The van der Waals surface area contributed by atoms with Gasteiger partial charge in [0.2, 0.25) is 0 Å². The molecular weight excluding hydrogens is 175 g/mol. The van der Waals surface area contributed by atoms with Crippen molar-refractivity contribution in [1.82, 2.24) is 9.97 Å². The molecule has 0 aromatic carbocycles. The molecule has 1 aromatic heterocycles. The fourth-order valence-corrected chi connectivity index (χ4v) is 0.584. The van der Waals surface area contributed by atoms with Crippen molar-refractivity contribution >= 4 is 35.5 Å². The fraction of sp³-hybridized carbons (Fsp3) is 0. The van der Waals surface area contributed by atoms with Gasteiger partial charge >= 0.3 is 11.7 Å². The van der Waals surface area contributed by atoms with E-state index in [-0.39, 0.29) is 29.6 Å². The molecule has 0 saturated heterocycles. The first kappa shape index (κ1) is 11.2. The van der Waals surface area contributed by atoms with E-state index >= 15 is 0 Å². The Morgan fingerprint density at radius 1 is 1.33 bits per heavy atom. The summed E-state index contributed by atoms with van der Waals surface area (Å²) in [7, 11) is 0. The molecule has 0 amide bonds. The molecule has 1 aromatic rings. The molecule has 59 valence electrons. The van der Waals surface area contributed by atoms with E-state index in [1.165, 1.54) is 0 Å². The van der Waals surface area contributed by atoms with Crippen LogP contribution in [0.4, 0.5) is 0 Å². The maximum atomic E-state index is 10.5. The second kappa shape index (κ2) is 4.24. The summed E-state index contributed by atoms with van der Waals surface area (Å²) in [6.45, 7) is 0. The van der Waals surface area contributed by atoms with E-state index in [0.717, 1.165) is 6.07 Å². The van der Waals surface area contributed by atoms with Gasteiger partial charge in [-0.15, -0.1) is 0 Å². The number of carbonyl (C=O) groups is 1. The van der Waals surface area contributed by atoms with Crippen LogP contribution in [0.25, 0.3) is 0 Å². The quantitative estimate of drug-likeness (QED) is 0.451. The molecule has 3 N–H and O–H groups in total. The maximum absolute atomic E-state index is 10.5. The molecule has 1 radical (unpaired) electrons. The maximum Gasteiger partial charge on any atom is 0.352 e. The van der Waals surface area contributed by atoms with Gasteiger partial charge in [0.15, 0.2) is 0 Å². The average molecular weight is 179 g/mol. The molecule has 0 aliphatic rings. The van der Waals surface area contributed by atoms with Crippen LogP contribution in [0.1, 0.15) is 10.5 Å². The van der Waals surface area contributed by atoms with E-state index < -0.39 is 22.9 Å². The van der Waals surface area contributed by atoms with Crippen LogP contribution < -0.4 is 11.2 Å². The Hall–Kier alpha value is -0.850. The van der Waals surface area contributed by atoms with Crippen LogP contribution in [0, 0.1) is 0 Å². The van der Waals surface area contributed by atoms with Crippen molar-refractivity contribution in [2.45, 2.75) is 0 Å². The molecule has 12 heavy (non-hydrogen) atoms. The van der Waals surface area contributed by atoms with Crippen LogP contribution >= 0.6 is 0 Å². The van der Waals surface area contributed by atoms with Gasteiger partial charge in [-0.2, -0.15) is 0 Å². The molecule has 0 aliphatic heterocycles. The zero-order chi connectivity index (χ0) is 8.43. The first-order valence-corrected chi connectivity index (χ1v) is 2.66. The van der Waals surface area contributed by atoms with Crippen LogP contribution in [-0.2, 0) is 0 Å². The van der Waals surface area contributed by atoms with Gasteiger partial charge in [0.1, 0.15) is 5.69 Å². The summed E-state index contributed by atoms with van der Waals surface area (Å²) in [5, 5.41) is 8.31. The number of aromatic carboxylic acids is 1. The number of H-pyrrole nitrogens is 2. The van der Waals surface area contributed by atoms with E-state index in [9.17, 15) is 14.4 Å². The number of aromatic amines is 2. The van der Waals surface area contributed by atoms with Crippen LogP contribution in [0.3, 0.4) is 0 Å². The van der Waals surface area contributed by atoms with Crippen LogP contribution in [0.5, 0.6) is 0 Å². The first-order chi connectivity index (χ1) is 5.09. The third-order valence-electron chi connectivity index (χ3n) is 0.991. The first-order valence-electron chi connectivity index (χ1n) is 2.66. The van der Waals surface area contributed by atoms with Crippen molar-refractivity contribution in [1.29, 1.82) is 0 Å². The fourth-order valence-electron chi connectivity index (χ4n) is 0.584. The van der Waals surface area contributed by atoms with Gasteiger partial charge in [0.25, 0.3) is 5.56 Å². The molecule has 6 nitrogen and oxygen atoms in total. The molecular formula is C5H4N2NaO4. The molecule has 0 fully saturated rings. The number of aromatic nitrogens is 2.